The molecule has 1 heterocycles. The first-order valence-corrected chi connectivity index (χ1v) is 5.18. The lowest BCUT2D eigenvalue weighted by Gasteiger charge is -2.32. The second kappa shape index (κ2) is 6.80. The Hall–Kier alpha value is -0.690. The summed E-state index contributed by atoms with van der Waals surface area (Å²) in [5.74, 6) is -0.337. The Morgan fingerprint density at radius 1 is 1.44 bits per heavy atom. The molecule has 0 bridgehead atoms. The minimum atomic E-state index is -0.506. The zero-order valence-electron chi connectivity index (χ0n) is 9.97. The lowest BCUT2D eigenvalue weighted by atomic mass is 10.2. The molecule has 94 valence electrons. The van der Waals surface area contributed by atoms with Gasteiger partial charge in [0.15, 0.2) is 12.4 Å². The van der Waals surface area contributed by atoms with Crippen LogP contribution in [0.3, 0.4) is 0 Å². The van der Waals surface area contributed by atoms with Gasteiger partial charge >= 0.3 is 5.97 Å². The normalized spacial score (nSPS) is 22.4. The maximum Gasteiger partial charge on any atom is 0.336 e. The lowest BCUT2D eigenvalue weighted by molar-refractivity contribution is -0.165. The average Bonchev–Trinajstić information content (AvgIpc) is 2.35. The van der Waals surface area contributed by atoms with Crippen molar-refractivity contribution in [2.24, 2.45) is 0 Å². The van der Waals surface area contributed by atoms with Crippen LogP contribution >= 0.6 is 0 Å². The molecule has 0 amide bonds. The van der Waals surface area contributed by atoms with Gasteiger partial charge in [0.05, 0.1) is 13.7 Å². The molecule has 1 fully saturated rings. The van der Waals surface area contributed by atoms with Gasteiger partial charge in [-0.05, 0) is 0 Å². The molecule has 1 rings (SSSR count). The van der Waals surface area contributed by atoms with Crippen molar-refractivity contribution < 1.29 is 23.7 Å². The quantitative estimate of drug-likeness (QED) is 0.470. The molecule has 0 N–H and O–H groups in total. The highest BCUT2D eigenvalue weighted by Crippen LogP contribution is 2.08. The van der Waals surface area contributed by atoms with Gasteiger partial charge in [0.25, 0.3) is 0 Å². The van der Waals surface area contributed by atoms with Crippen molar-refractivity contribution in [2.75, 3.05) is 47.6 Å². The smallest absolute Gasteiger partial charge is 0.336 e. The average molecular weight is 233 g/mol. The Morgan fingerprint density at radius 2 is 2.12 bits per heavy atom. The highest BCUT2D eigenvalue weighted by atomic mass is 16.7. The number of esters is 1. The van der Waals surface area contributed by atoms with E-state index in [1.54, 1.807) is 14.2 Å². The summed E-state index contributed by atoms with van der Waals surface area (Å²) in [5.41, 5.74) is 0. The Balaban J connectivity index is 2.41. The first-order chi connectivity index (χ1) is 7.71. The number of nitrogens with zero attached hydrogens (tertiary/aromatic N) is 1. The van der Waals surface area contributed by atoms with Crippen LogP contribution in [0.5, 0.6) is 0 Å². The van der Waals surface area contributed by atoms with Crippen LogP contribution in [0.1, 0.15) is 0 Å². The van der Waals surface area contributed by atoms with Crippen LogP contribution in [0.4, 0.5) is 0 Å². The summed E-state index contributed by atoms with van der Waals surface area (Å²) in [5, 5.41) is 0. The Labute approximate surface area is 95.4 Å². The van der Waals surface area contributed by atoms with Crippen molar-refractivity contribution in [3.8, 4) is 0 Å². The van der Waals surface area contributed by atoms with Crippen LogP contribution in [0.2, 0.25) is 0 Å². The fourth-order valence-corrected chi connectivity index (χ4v) is 1.60. The summed E-state index contributed by atoms with van der Waals surface area (Å²) in [6.07, 6.45) is -0.787. The summed E-state index contributed by atoms with van der Waals surface area (Å²) in [6.45, 7) is 2.40. The Morgan fingerprint density at radius 3 is 2.69 bits per heavy atom. The van der Waals surface area contributed by atoms with E-state index in [0.717, 1.165) is 6.54 Å². The highest BCUT2D eigenvalue weighted by Gasteiger charge is 2.28. The summed E-state index contributed by atoms with van der Waals surface area (Å²) >= 11 is 0. The van der Waals surface area contributed by atoms with E-state index in [2.05, 4.69) is 9.64 Å². The first kappa shape index (κ1) is 13.4. The highest BCUT2D eigenvalue weighted by molar-refractivity contribution is 5.74. The molecular formula is C10H19NO5. The van der Waals surface area contributed by atoms with Gasteiger partial charge in [-0.3, -0.25) is 4.90 Å². The zero-order valence-corrected chi connectivity index (χ0v) is 9.97. The van der Waals surface area contributed by atoms with Gasteiger partial charge in [-0.15, -0.1) is 0 Å². The van der Waals surface area contributed by atoms with Crippen LogP contribution in [0.25, 0.3) is 0 Å². The molecule has 1 aliphatic rings. The standard InChI is InChI=1S/C10H19NO5/c1-13-9(14-2)7-11-4-5-16-8(6-11)10(12)15-3/h8-9H,4-7H2,1-3H3. The number of hydrogen-bond acceptors (Lipinski definition) is 6. The number of morpholine rings is 1. The van der Waals surface area contributed by atoms with E-state index in [9.17, 15) is 4.79 Å². The number of rotatable bonds is 5. The fourth-order valence-electron chi connectivity index (χ4n) is 1.60. The lowest BCUT2D eigenvalue weighted by Crippen LogP contribution is -2.49. The van der Waals surface area contributed by atoms with Crippen molar-refractivity contribution in [2.45, 2.75) is 12.4 Å². The molecule has 1 atom stereocenters. The van der Waals surface area contributed by atoms with Gasteiger partial charge in [-0.2, -0.15) is 0 Å². The third kappa shape index (κ3) is 3.71. The summed E-state index contributed by atoms with van der Waals surface area (Å²) in [7, 11) is 4.54. The summed E-state index contributed by atoms with van der Waals surface area (Å²) < 4.78 is 20.2. The fraction of sp³-hybridized carbons (Fsp3) is 0.900. The van der Waals surface area contributed by atoms with Crippen LogP contribution in [-0.2, 0) is 23.7 Å². The number of carbonyl (C=O) groups is 1. The van der Waals surface area contributed by atoms with E-state index in [0.29, 0.717) is 19.7 Å². The number of methoxy groups -OCH3 is 3. The topological polar surface area (TPSA) is 57.2 Å². The van der Waals surface area contributed by atoms with Gasteiger partial charge in [0.2, 0.25) is 0 Å². The SMILES string of the molecule is COC(=O)C1CN(CC(OC)OC)CCO1. The van der Waals surface area contributed by atoms with E-state index in [-0.39, 0.29) is 12.3 Å². The minimum absolute atomic E-state index is 0.281. The largest absolute Gasteiger partial charge is 0.467 e. The van der Waals surface area contributed by atoms with Crippen LogP contribution in [0, 0.1) is 0 Å². The molecule has 16 heavy (non-hydrogen) atoms. The third-order valence-corrected chi connectivity index (χ3v) is 2.55. The molecular weight excluding hydrogens is 214 g/mol. The van der Waals surface area contributed by atoms with Crippen molar-refractivity contribution in [1.82, 2.24) is 4.90 Å². The molecule has 0 spiro atoms. The Kier molecular flexibility index (Phi) is 5.68. The van der Waals surface area contributed by atoms with Crippen molar-refractivity contribution in [3.05, 3.63) is 0 Å². The van der Waals surface area contributed by atoms with Gasteiger partial charge in [0, 0.05) is 33.9 Å². The van der Waals surface area contributed by atoms with Crippen molar-refractivity contribution in [1.29, 1.82) is 0 Å². The van der Waals surface area contributed by atoms with Crippen LogP contribution < -0.4 is 0 Å². The number of carbonyl (C=O) groups excluding carboxylic acids is 1. The maximum atomic E-state index is 11.3. The zero-order chi connectivity index (χ0) is 12.0. The summed E-state index contributed by atoms with van der Waals surface area (Å²) in [6, 6.07) is 0. The molecule has 0 saturated carbocycles. The summed E-state index contributed by atoms with van der Waals surface area (Å²) in [4.78, 5) is 13.4. The third-order valence-electron chi connectivity index (χ3n) is 2.55. The molecule has 0 aromatic carbocycles. The van der Waals surface area contributed by atoms with Gasteiger partial charge < -0.3 is 18.9 Å². The van der Waals surface area contributed by atoms with Gasteiger partial charge in [-0.25, -0.2) is 4.79 Å². The minimum Gasteiger partial charge on any atom is -0.467 e. The first-order valence-electron chi connectivity index (χ1n) is 5.18. The van der Waals surface area contributed by atoms with Crippen LogP contribution in [-0.4, -0.2) is 70.8 Å². The second-order valence-electron chi connectivity index (χ2n) is 3.54. The number of hydrogen-bond donors (Lipinski definition) is 0. The van der Waals surface area contributed by atoms with Crippen molar-refractivity contribution in [3.63, 3.8) is 0 Å². The van der Waals surface area contributed by atoms with Gasteiger partial charge in [-0.1, -0.05) is 0 Å². The molecule has 0 aromatic heterocycles. The monoisotopic (exact) mass is 233 g/mol. The predicted octanol–water partition coefficient (Wildman–Crippen LogP) is -0.521. The molecule has 1 aliphatic heterocycles. The molecule has 1 saturated heterocycles. The van der Waals surface area contributed by atoms with E-state index < -0.39 is 6.10 Å². The van der Waals surface area contributed by atoms with E-state index in [4.69, 9.17) is 14.2 Å². The molecule has 0 aliphatic carbocycles. The van der Waals surface area contributed by atoms with Gasteiger partial charge in [0.1, 0.15) is 0 Å². The van der Waals surface area contributed by atoms with E-state index in [1.165, 1.54) is 7.11 Å². The molecule has 0 aromatic rings. The van der Waals surface area contributed by atoms with Crippen LogP contribution in [0.15, 0.2) is 0 Å². The maximum absolute atomic E-state index is 11.3. The molecule has 6 heteroatoms. The molecule has 0 radical (unpaired) electrons. The van der Waals surface area contributed by atoms with E-state index in [1.807, 2.05) is 0 Å². The molecule has 1 unspecified atom stereocenters. The predicted molar refractivity (Wildman–Crippen MR) is 56.0 cm³/mol. The number of ether oxygens (including phenoxy) is 4. The van der Waals surface area contributed by atoms with Crippen molar-refractivity contribution >= 4 is 5.97 Å². The van der Waals surface area contributed by atoms with E-state index >= 15 is 0 Å². The second-order valence-corrected chi connectivity index (χ2v) is 3.54. The Bertz CT molecular complexity index is 219. The molecule has 6 nitrogen and oxygen atoms in total.